The Kier molecular flexibility index (Phi) is 6.74. The standard InChI is InChI=1S/C25H33NO4/c27-24(13-11-22(12-14-24)21-7-3-1-4-8-21)17-26-15-16-29-19-25(28,18-26)20-30-23-9-5-2-6-10-23/h1-10,22,27-28H,11-20H2/t22?,24?,25-/m1/s1. The number of rotatable bonds is 6. The van der Waals surface area contributed by atoms with Crippen molar-refractivity contribution in [1.82, 2.24) is 4.90 Å². The molecule has 1 saturated carbocycles. The third-order valence-electron chi connectivity index (χ3n) is 6.40. The van der Waals surface area contributed by atoms with E-state index in [2.05, 4.69) is 29.2 Å². The molecule has 2 fully saturated rings. The second-order valence-corrected chi connectivity index (χ2v) is 9.00. The summed E-state index contributed by atoms with van der Waals surface area (Å²) in [7, 11) is 0. The minimum absolute atomic E-state index is 0.169. The van der Waals surface area contributed by atoms with Gasteiger partial charge in [0.25, 0.3) is 0 Å². The van der Waals surface area contributed by atoms with Crippen LogP contribution in [0.3, 0.4) is 0 Å². The van der Waals surface area contributed by atoms with Crippen LogP contribution in [0.4, 0.5) is 0 Å². The molecule has 1 atom stereocenters. The number of nitrogens with zero attached hydrogens (tertiary/aromatic N) is 1. The molecule has 2 aromatic rings. The molecule has 0 bridgehead atoms. The molecule has 2 N–H and O–H groups in total. The van der Waals surface area contributed by atoms with Gasteiger partial charge in [0.15, 0.2) is 0 Å². The number of ether oxygens (including phenoxy) is 2. The smallest absolute Gasteiger partial charge is 0.134 e. The van der Waals surface area contributed by atoms with Crippen LogP contribution in [0.1, 0.15) is 37.2 Å². The average molecular weight is 412 g/mol. The van der Waals surface area contributed by atoms with E-state index < -0.39 is 11.2 Å². The third-order valence-corrected chi connectivity index (χ3v) is 6.40. The van der Waals surface area contributed by atoms with Crippen molar-refractivity contribution in [1.29, 1.82) is 0 Å². The van der Waals surface area contributed by atoms with Crippen molar-refractivity contribution >= 4 is 0 Å². The second-order valence-electron chi connectivity index (χ2n) is 9.00. The lowest BCUT2D eigenvalue weighted by molar-refractivity contribution is -0.0766. The first-order valence-corrected chi connectivity index (χ1v) is 11.0. The highest BCUT2D eigenvalue weighted by atomic mass is 16.5. The summed E-state index contributed by atoms with van der Waals surface area (Å²) in [5, 5.41) is 22.4. The number of hydrogen-bond donors (Lipinski definition) is 2. The zero-order chi connectivity index (χ0) is 20.9. The molecule has 0 unspecified atom stereocenters. The number of aliphatic hydroxyl groups is 2. The van der Waals surface area contributed by atoms with E-state index >= 15 is 0 Å². The number of hydrogen-bond acceptors (Lipinski definition) is 5. The van der Waals surface area contributed by atoms with E-state index in [1.54, 1.807) is 0 Å². The maximum atomic E-state index is 11.3. The van der Waals surface area contributed by atoms with E-state index in [0.717, 1.165) is 31.4 Å². The van der Waals surface area contributed by atoms with E-state index in [1.807, 2.05) is 36.4 Å². The summed E-state index contributed by atoms with van der Waals surface area (Å²) in [6.07, 6.45) is 3.55. The normalized spacial score (nSPS) is 30.5. The maximum Gasteiger partial charge on any atom is 0.134 e. The van der Waals surface area contributed by atoms with Gasteiger partial charge in [-0.15, -0.1) is 0 Å². The summed E-state index contributed by atoms with van der Waals surface area (Å²) in [5.74, 6) is 1.26. The van der Waals surface area contributed by atoms with Crippen molar-refractivity contribution < 1.29 is 19.7 Å². The molecule has 0 spiro atoms. The van der Waals surface area contributed by atoms with Gasteiger partial charge in [-0.3, -0.25) is 4.90 Å². The fourth-order valence-corrected chi connectivity index (χ4v) is 4.74. The van der Waals surface area contributed by atoms with Crippen LogP contribution in [0, 0.1) is 0 Å². The van der Waals surface area contributed by atoms with Crippen LogP contribution >= 0.6 is 0 Å². The molecule has 1 saturated heterocycles. The molecule has 30 heavy (non-hydrogen) atoms. The minimum atomic E-state index is -1.09. The summed E-state index contributed by atoms with van der Waals surface area (Å²) < 4.78 is 11.5. The molecule has 2 aromatic carbocycles. The lowest BCUT2D eigenvalue weighted by atomic mass is 9.76. The first-order chi connectivity index (χ1) is 14.5. The predicted octanol–water partition coefficient (Wildman–Crippen LogP) is 3.22. The summed E-state index contributed by atoms with van der Waals surface area (Å²) in [6, 6.07) is 20.1. The predicted molar refractivity (Wildman–Crippen MR) is 117 cm³/mol. The second kappa shape index (κ2) is 9.48. The Morgan fingerprint density at radius 1 is 0.933 bits per heavy atom. The first-order valence-electron chi connectivity index (χ1n) is 11.0. The Labute approximate surface area is 179 Å². The monoisotopic (exact) mass is 411 g/mol. The van der Waals surface area contributed by atoms with Gasteiger partial charge in [-0.2, -0.15) is 0 Å². The quantitative estimate of drug-likeness (QED) is 0.764. The Bertz CT molecular complexity index is 776. The Morgan fingerprint density at radius 2 is 1.60 bits per heavy atom. The topological polar surface area (TPSA) is 62.2 Å². The molecule has 2 aliphatic rings. The van der Waals surface area contributed by atoms with Crippen molar-refractivity contribution in [3.8, 4) is 5.75 Å². The van der Waals surface area contributed by atoms with Crippen molar-refractivity contribution in [2.45, 2.75) is 42.8 Å². The van der Waals surface area contributed by atoms with E-state index in [4.69, 9.17) is 9.47 Å². The zero-order valence-electron chi connectivity index (χ0n) is 17.6. The van der Waals surface area contributed by atoms with Gasteiger partial charge in [-0.05, 0) is 49.3 Å². The van der Waals surface area contributed by atoms with Gasteiger partial charge in [0.05, 0.1) is 18.8 Å². The Morgan fingerprint density at radius 3 is 2.30 bits per heavy atom. The number of benzene rings is 2. The van der Waals surface area contributed by atoms with Gasteiger partial charge in [0.1, 0.15) is 18.0 Å². The molecule has 5 nitrogen and oxygen atoms in total. The van der Waals surface area contributed by atoms with Crippen molar-refractivity contribution in [2.24, 2.45) is 0 Å². The fourth-order valence-electron chi connectivity index (χ4n) is 4.74. The highest BCUT2D eigenvalue weighted by Crippen LogP contribution is 2.38. The van der Waals surface area contributed by atoms with Crippen molar-refractivity contribution in [3.63, 3.8) is 0 Å². The van der Waals surface area contributed by atoms with Crippen LogP contribution < -0.4 is 4.74 Å². The lowest BCUT2D eigenvalue weighted by Crippen LogP contribution is -2.53. The van der Waals surface area contributed by atoms with Gasteiger partial charge >= 0.3 is 0 Å². The van der Waals surface area contributed by atoms with Crippen LogP contribution in [0.2, 0.25) is 0 Å². The average Bonchev–Trinajstić information content (AvgIpc) is 2.95. The van der Waals surface area contributed by atoms with Gasteiger partial charge in [-0.25, -0.2) is 0 Å². The van der Waals surface area contributed by atoms with Gasteiger partial charge in [0, 0.05) is 19.6 Å². The summed E-state index contributed by atoms with van der Waals surface area (Å²) in [5.41, 5.74) is -0.434. The molecule has 162 valence electrons. The molecular weight excluding hydrogens is 378 g/mol. The third kappa shape index (κ3) is 5.61. The van der Waals surface area contributed by atoms with Crippen molar-refractivity contribution in [2.75, 3.05) is 39.5 Å². The first kappa shape index (κ1) is 21.3. The zero-order valence-corrected chi connectivity index (χ0v) is 17.6. The molecule has 1 aliphatic carbocycles. The van der Waals surface area contributed by atoms with E-state index in [-0.39, 0.29) is 13.2 Å². The summed E-state index contributed by atoms with van der Waals surface area (Å²) in [6.45, 7) is 2.66. The van der Waals surface area contributed by atoms with Crippen LogP contribution in [-0.2, 0) is 4.74 Å². The van der Waals surface area contributed by atoms with E-state index in [9.17, 15) is 10.2 Å². The molecule has 1 aliphatic heterocycles. The highest BCUT2D eigenvalue weighted by molar-refractivity contribution is 5.21. The molecule has 1 heterocycles. The van der Waals surface area contributed by atoms with Crippen LogP contribution in [0.25, 0.3) is 0 Å². The molecule has 5 heteroatoms. The van der Waals surface area contributed by atoms with Crippen LogP contribution in [0.5, 0.6) is 5.75 Å². The number of para-hydroxylation sites is 1. The van der Waals surface area contributed by atoms with E-state index in [1.165, 1.54) is 5.56 Å². The molecule has 0 radical (unpaired) electrons. The lowest BCUT2D eigenvalue weighted by Gasteiger charge is -2.40. The maximum absolute atomic E-state index is 11.3. The minimum Gasteiger partial charge on any atom is -0.490 e. The van der Waals surface area contributed by atoms with Crippen LogP contribution in [0.15, 0.2) is 60.7 Å². The SMILES string of the molecule is OC1(CN2CCOC[C@@](O)(COc3ccccc3)C2)CCC(c2ccccc2)CC1. The van der Waals surface area contributed by atoms with Crippen LogP contribution in [-0.4, -0.2) is 65.8 Å². The van der Waals surface area contributed by atoms with E-state index in [0.29, 0.717) is 32.2 Å². The van der Waals surface area contributed by atoms with Crippen molar-refractivity contribution in [3.05, 3.63) is 66.2 Å². The fraction of sp³-hybridized carbons (Fsp3) is 0.520. The van der Waals surface area contributed by atoms with Gasteiger partial charge < -0.3 is 19.7 Å². The van der Waals surface area contributed by atoms with Gasteiger partial charge in [0.2, 0.25) is 0 Å². The summed E-state index contributed by atoms with van der Waals surface area (Å²) in [4.78, 5) is 2.14. The highest BCUT2D eigenvalue weighted by Gasteiger charge is 2.39. The Hall–Kier alpha value is -1.92. The largest absolute Gasteiger partial charge is 0.490 e. The van der Waals surface area contributed by atoms with Gasteiger partial charge in [-0.1, -0.05) is 48.5 Å². The molecule has 4 rings (SSSR count). The molecular formula is C25H33NO4. The Balaban J connectivity index is 1.33. The molecule has 0 amide bonds. The molecule has 0 aromatic heterocycles. The summed E-state index contributed by atoms with van der Waals surface area (Å²) >= 11 is 0. The number of β-amino-alcohol motifs (C(OH)–C–C–N with tert-alkyl or cyclic N) is 2.